The number of nitrogens with zero attached hydrogens (tertiary/aromatic N) is 1. The van der Waals surface area contributed by atoms with Crippen molar-refractivity contribution in [1.82, 2.24) is 10.6 Å². The van der Waals surface area contributed by atoms with E-state index in [2.05, 4.69) is 17.6 Å². The van der Waals surface area contributed by atoms with Crippen molar-refractivity contribution < 1.29 is 14.6 Å². The SMILES string of the molecule is CCNC(=NCC1(CO)CCOCC1)NCC1(CCOC)CCCC1. The van der Waals surface area contributed by atoms with E-state index >= 15 is 0 Å². The maximum Gasteiger partial charge on any atom is 0.191 e. The Bertz CT molecular complexity index is 403. The molecule has 6 nitrogen and oxygen atoms in total. The summed E-state index contributed by atoms with van der Waals surface area (Å²) in [6.45, 7) is 6.96. The minimum absolute atomic E-state index is 0.123. The van der Waals surface area contributed by atoms with Crippen molar-refractivity contribution in [2.75, 3.05) is 53.2 Å². The lowest BCUT2D eigenvalue weighted by molar-refractivity contribution is -0.0106. The molecular weight excluding hydrogens is 318 g/mol. The number of guanidine groups is 1. The van der Waals surface area contributed by atoms with Crippen LogP contribution in [0.25, 0.3) is 0 Å². The van der Waals surface area contributed by atoms with Crippen molar-refractivity contribution in [3.63, 3.8) is 0 Å². The van der Waals surface area contributed by atoms with Gasteiger partial charge >= 0.3 is 0 Å². The van der Waals surface area contributed by atoms with Crippen LogP contribution in [0.15, 0.2) is 4.99 Å². The van der Waals surface area contributed by atoms with Gasteiger partial charge in [-0.25, -0.2) is 0 Å². The van der Waals surface area contributed by atoms with Crippen molar-refractivity contribution in [3.8, 4) is 0 Å². The zero-order valence-corrected chi connectivity index (χ0v) is 16.1. The molecule has 0 spiro atoms. The van der Waals surface area contributed by atoms with E-state index in [9.17, 15) is 5.11 Å². The Morgan fingerprint density at radius 2 is 1.84 bits per heavy atom. The summed E-state index contributed by atoms with van der Waals surface area (Å²) in [5.41, 5.74) is 0.210. The fourth-order valence-electron chi connectivity index (χ4n) is 3.99. The molecule has 1 saturated heterocycles. The van der Waals surface area contributed by atoms with Crippen LogP contribution in [0.3, 0.4) is 0 Å². The van der Waals surface area contributed by atoms with E-state index in [4.69, 9.17) is 14.5 Å². The number of ether oxygens (including phenoxy) is 2. The molecule has 2 aliphatic rings. The van der Waals surface area contributed by atoms with Gasteiger partial charge in [0, 0.05) is 45.4 Å². The largest absolute Gasteiger partial charge is 0.396 e. The van der Waals surface area contributed by atoms with E-state index in [1.807, 2.05) is 0 Å². The highest BCUT2D eigenvalue weighted by atomic mass is 16.5. The first-order valence-corrected chi connectivity index (χ1v) is 9.87. The number of rotatable bonds is 9. The molecule has 0 atom stereocenters. The molecule has 0 aromatic carbocycles. The maximum absolute atomic E-state index is 9.85. The highest BCUT2D eigenvalue weighted by molar-refractivity contribution is 5.79. The molecular formula is C19H37N3O3. The van der Waals surface area contributed by atoms with Crippen molar-refractivity contribution in [1.29, 1.82) is 0 Å². The number of hydrogen-bond acceptors (Lipinski definition) is 4. The molecule has 2 fully saturated rings. The third kappa shape index (κ3) is 6.12. The molecule has 3 N–H and O–H groups in total. The molecule has 1 aliphatic carbocycles. The Morgan fingerprint density at radius 1 is 1.12 bits per heavy atom. The van der Waals surface area contributed by atoms with Crippen molar-refractivity contribution in [2.24, 2.45) is 15.8 Å². The van der Waals surface area contributed by atoms with E-state index < -0.39 is 0 Å². The van der Waals surface area contributed by atoms with Crippen LogP contribution < -0.4 is 10.6 Å². The van der Waals surface area contributed by atoms with Gasteiger partial charge in [-0.15, -0.1) is 0 Å². The molecule has 0 unspecified atom stereocenters. The van der Waals surface area contributed by atoms with E-state index in [1.54, 1.807) is 7.11 Å². The molecule has 6 heteroatoms. The smallest absolute Gasteiger partial charge is 0.191 e. The van der Waals surface area contributed by atoms with Crippen LogP contribution in [0, 0.1) is 10.8 Å². The number of hydrogen-bond donors (Lipinski definition) is 3. The van der Waals surface area contributed by atoms with Crippen LogP contribution >= 0.6 is 0 Å². The van der Waals surface area contributed by atoms with Gasteiger partial charge in [-0.2, -0.15) is 0 Å². The monoisotopic (exact) mass is 355 g/mol. The van der Waals surface area contributed by atoms with Crippen molar-refractivity contribution in [3.05, 3.63) is 0 Å². The maximum atomic E-state index is 9.85. The molecule has 1 heterocycles. The predicted molar refractivity (Wildman–Crippen MR) is 101 cm³/mol. The van der Waals surface area contributed by atoms with Crippen LogP contribution in [0.5, 0.6) is 0 Å². The number of aliphatic hydroxyl groups excluding tert-OH is 1. The zero-order chi connectivity index (χ0) is 18.0. The lowest BCUT2D eigenvalue weighted by Gasteiger charge is -2.34. The zero-order valence-electron chi connectivity index (χ0n) is 16.1. The molecule has 146 valence electrons. The van der Waals surface area contributed by atoms with Gasteiger partial charge < -0.3 is 25.2 Å². The average Bonchev–Trinajstić information content (AvgIpc) is 3.12. The highest BCUT2D eigenvalue weighted by Crippen LogP contribution is 2.40. The lowest BCUT2D eigenvalue weighted by atomic mass is 9.81. The topological polar surface area (TPSA) is 75.1 Å². The summed E-state index contributed by atoms with van der Waals surface area (Å²) in [7, 11) is 1.78. The third-order valence-electron chi connectivity index (χ3n) is 5.94. The first-order chi connectivity index (χ1) is 12.2. The molecule has 1 aliphatic heterocycles. The van der Waals surface area contributed by atoms with E-state index in [0.29, 0.717) is 12.0 Å². The second-order valence-corrected chi connectivity index (χ2v) is 7.77. The van der Waals surface area contributed by atoms with Crippen LogP contribution in [0.2, 0.25) is 0 Å². The first-order valence-electron chi connectivity index (χ1n) is 9.87. The molecule has 0 aromatic rings. The van der Waals surface area contributed by atoms with Crippen LogP contribution in [0.1, 0.15) is 51.9 Å². The Morgan fingerprint density at radius 3 is 2.44 bits per heavy atom. The number of aliphatic imine (C=N–C) groups is 1. The average molecular weight is 356 g/mol. The van der Waals surface area contributed by atoms with Gasteiger partial charge in [0.15, 0.2) is 5.96 Å². The van der Waals surface area contributed by atoms with Gasteiger partial charge in [-0.05, 0) is 44.4 Å². The van der Waals surface area contributed by atoms with Gasteiger partial charge in [0.05, 0.1) is 13.2 Å². The van der Waals surface area contributed by atoms with Crippen LogP contribution in [-0.4, -0.2) is 64.2 Å². The van der Waals surface area contributed by atoms with E-state index in [-0.39, 0.29) is 12.0 Å². The van der Waals surface area contributed by atoms with E-state index in [0.717, 1.165) is 58.1 Å². The summed E-state index contributed by atoms with van der Waals surface area (Å²) in [5, 5.41) is 16.8. The van der Waals surface area contributed by atoms with Gasteiger partial charge in [-0.1, -0.05) is 12.8 Å². The molecule has 0 radical (unpaired) electrons. The van der Waals surface area contributed by atoms with Crippen molar-refractivity contribution >= 4 is 5.96 Å². The molecule has 1 saturated carbocycles. The Labute approximate surface area is 152 Å². The quantitative estimate of drug-likeness (QED) is 0.435. The summed E-state index contributed by atoms with van der Waals surface area (Å²) >= 11 is 0. The predicted octanol–water partition coefficient (Wildman–Crippen LogP) is 1.93. The normalized spacial score (nSPS) is 22.8. The standard InChI is InChI=1S/C19H37N3O3/c1-3-20-17(22-15-19(16-23)9-12-25-13-10-19)21-14-18(8-11-24-2)6-4-5-7-18/h23H,3-16H2,1-2H3,(H2,20,21,22). The molecule has 0 amide bonds. The Hall–Kier alpha value is -0.850. The highest BCUT2D eigenvalue weighted by Gasteiger charge is 2.34. The van der Waals surface area contributed by atoms with Crippen LogP contribution in [0.4, 0.5) is 0 Å². The van der Waals surface area contributed by atoms with Gasteiger partial charge in [0.25, 0.3) is 0 Å². The minimum atomic E-state index is -0.123. The third-order valence-corrected chi connectivity index (χ3v) is 5.94. The van der Waals surface area contributed by atoms with Crippen LogP contribution in [-0.2, 0) is 9.47 Å². The fourth-order valence-corrected chi connectivity index (χ4v) is 3.99. The summed E-state index contributed by atoms with van der Waals surface area (Å²) in [4.78, 5) is 4.80. The van der Waals surface area contributed by atoms with E-state index in [1.165, 1.54) is 25.7 Å². The lowest BCUT2D eigenvalue weighted by Crippen LogP contribution is -2.44. The van der Waals surface area contributed by atoms with Gasteiger partial charge in [0.1, 0.15) is 0 Å². The molecule has 2 rings (SSSR count). The van der Waals surface area contributed by atoms with Gasteiger partial charge in [0.2, 0.25) is 0 Å². The first kappa shape index (κ1) is 20.5. The number of aliphatic hydroxyl groups is 1. The molecule has 0 bridgehead atoms. The number of methoxy groups -OCH3 is 1. The molecule has 25 heavy (non-hydrogen) atoms. The summed E-state index contributed by atoms with van der Waals surface area (Å²) in [6.07, 6.45) is 8.02. The summed E-state index contributed by atoms with van der Waals surface area (Å²) < 4.78 is 10.8. The Balaban J connectivity index is 1.94. The fraction of sp³-hybridized carbons (Fsp3) is 0.947. The van der Waals surface area contributed by atoms with Gasteiger partial charge in [-0.3, -0.25) is 4.99 Å². The van der Waals surface area contributed by atoms with Crippen molar-refractivity contribution in [2.45, 2.75) is 51.9 Å². The molecule has 0 aromatic heterocycles. The second-order valence-electron chi connectivity index (χ2n) is 7.77. The minimum Gasteiger partial charge on any atom is -0.396 e. The summed E-state index contributed by atoms with van der Waals surface area (Å²) in [6, 6.07) is 0. The summed E-state index contributed by atoms with van der Waals surface area (Å²) in [5.74, 6) is 0.866. The number of nitrogens with one attached hydrogen (secondary N) is 2. The Kier molecular flexibility index (Phi) is 8.46. The second kappa shape index (κ2) is 10.3.